The number of hydrogen-bond donors (Lipinski definition) is 1. The Morgan fingerprint density at radius 2 is 2.14 bits per heavy atom. The van der Waals surface area contributed by atoms with E-state index >= 15 is 0 Å². The van der Waals surface area contributed by atoms with E-state index < -0.39 is 11.5 Å². The van der Waals surface area contributed by atoms with Gasteiger partial charge in [-0.3, -0.25) is 4.79 Å². The number of carboxylic acid groups (broad SMARTS) is 1. The first kappa shape index (κ1) is 10.4. The number of rotatable bonds is 1. The molecule has 0 atom stereocenters. The number of aromatic nitrogens is 2. The van der Waals surface area contributed by atoms with Gasteiger partial charge >= 0.3 is 6.09 Å². The van der Waals surface area contributed by atoms with Crippen LogP contribution in [0.3, 0.4) is 0 Å². The summed E-state index contributed by atoms with van der Waals surface area (Å²) >= 11 is 0. The first-order valence-electron chi connectivity index (χ1n) is 4.14. The van der Waals surface area contributed by atoms with Gasteiger partial charge in [0.15, 0.2) is 6.29 Å². The van der Waals surface area contributed by atoms with E-state index in [0.29, 0.717) is 12.1 Å². The number of nitrogens with zero attached hydrogens (tertiary/aromatic N) is 2. The van der Waals surface area contributed by atoms with E-state index in [0.717, 1.165) is 4.57 Å². The summed E-state index contributed by atoms with van der Waals surface area (Å²) in [5.74, 6) is 0.368. The van der Waals surface area contributed by atoms with Crippen LogP contribution in [0.1, 0.15) is 37.1 Å². The van der Waals surface area contributed by atoms with Crippen molar-refractivity contribution in [2.45, 2.75) is 26.2 Å². The predicted octanol–water partition coefficient (Wildman–Crippen LogP) is 1.52. The number of imidazole rings is 1. The third-order valence-corrected chi connectivity index (χ3v) is 1.72. The maximum Gasteiger partial charge on any atom is 0.417 e. The zero-order valence-electron chi connectivity index (χ0n) is 8.31. The third kappa shape index (κ3) is 1.81. The van der Waals surface area contributed by atoms with Crippen molar-refractivity contribution in [3.05, 3.63) is 17.7 Å². The van der Waals surface area contributed by atoms with Gasteiger partial charge in [-0.2, -0.15) is 0 Å². The SMILES string of the molecule is CC(C)(C)c1nc(C=O)cn1C(=O)O. The highest BCUT2D eigenvalue weighted by atomic mass is 16.4. The molecule has 0 spiro atoms. The van der Waals surface area contributed by atoms with Crippen molar-refractivity contribution >= 4 is 12.4 Å². The molecule has 0 aliphatic heterocycles. The molecule has 0 aliphatic carbocycles. The van der Waals surface area contributed by atoms with Crippen LogP contribution in [0.2, 0.25) is 0 Å². The second-order valence-electron chi connectivity index (χ2n) is 4.01. The van der Waals surface area contributed by atoms with E-state index in [1.54, 1.807) is 0 Å². The summed E-state index contributed by atoms with van der Waals surface area (Å²) in [5.41, 5.74) is -0.267. The van der Waals surface area contributed by atoms with Crippen molar-refractivity contribution in [2.75, 3.05) is 0 Å². The maximum atomic E-state index is 10.8. The fourth-order valence-corrected chi connectivity index (χ4v) is 1.13. The maximum absolute atomic E-state index is 10.8. The van der Waals surface area contributed by atoms with E-state index in [1.807, 2.05) is 20.8 Å². The van der Waals surface area contributed by atoms with Gasteiger partial charge in [0.25, 0.3) is 0 Å². The Labute approximate surface area is 81.4 Å². The van der Waals surface area contributed by atoms with Gasteiger partial charge in [0.2, 0.25) is 0 Å². The largest absolute Gasteiger partial charge is 0.464 e. The highest BCUT2D eigenvalue weighted by molar-refractivity contribution is 5.76. The Bertz CT molecular complexity index is 374. The highest BCUT2D eigenvalue weighted by Gasteiger charge is 2.24. The lowest BCUT2D eigenvalue weighted by Crippen LogP contribution is -2.22. The number of carbonyl (C=O) groups excluding carboxylic acids is 1. The molecule has 1 aromatic rings. The molecule has 0 radical (unpaired) electrons. The van der Waals surface area contributed by atoms with Crippen molar-refractivity contribution in [3.8, 4) is 0 Å². The van der Waals surface area contributed by atoms with Crippen LogP contribution in [0, 0.1) is 0 Å². The molecule has 0 amide bonds. The smallest absolute Gasteiger partial charge is 0.417 e. The summed E-state index contributed by atoms with van der Waals surface area (Å²) in [6.07, 6.45) is 0.625. The molecule has 76 valence electrons. The minimum Gasteiger partial charge on any atom is -0.464 e. The van der Waals surface area contributed by atoms with Gasteiger partial charge in [-0.05, 0) is 0 Å². The molecular formula is C9H12N2O3. The molecule has 14 heavy (non-hydrogen) atoms. The molecule has 0 aliphatic rings. The Balaban J connectivity index is 3.33. The quantitative estimate of drug-likeness (QED) is 0.691. The van der Waals surface area contributed by atoms with Crippen molar-refractivity contribution < 1.29 is 14.7 Å². The summed E-state index contributed by atoms with van der Waals surface area (Å²) in [6.45, 7) is 5.51. The van der Waals surface area contributed by atoms with Crippen LogP contribution in [0.5, 0.6) is 0 Å². The fraction of sp³-hybridized carbons (Fsp3) is 0.444. The Kier molecular flexibility index (Phi) is 2.42. The molecule has 0 saturated heterocycles. The van der Waals surface area contributed by atoms with Crippen LogP contribution in [-0.2, 0) is 5.41 Å². The minimum atomic E-state index is -1.13. The van der Waals surface area contributed by atoms with E-state index in [2.05, 4.69) is 4.98 Å². The number of hydrogen-bond acceptors (Lipinski definition) is 3. The van der Waals surface area contributed by atoms with Gasteiger partial charge in [0.1, 0.15) is 11.5 Å². The molecule has 5 nitrogen and oxygen atoms in total. The zero-order valence-corrected chi connectivity index (χ0v) is 8.31. The highest BCUT2D eigenvalue weighted by Crippen LogP contribution is 2.20. The van der Waals surface area contributed by atoms with Gasteiger partial charge in [0.05, 0.1) is 0 Å². The number of aldehydes is 1. The fourth-order valence-electron chi connectivity index (χ4n) is 1.13. The summed E-state index contributed by atoms with van der Waals surface area (Å²) in [6, 6.07) is 0. The molecular weight excluding hydrogens is 184 g/mol. The topological polar surface area (TPSA) is 72.2 Å². The van der Waals surface area contributed by atoms with Gasteiger partial charge in [-0.15, -0.1) is 0 Å². The molecule has 1 rings (SSSR count). The monoisotopic (exact) mass is 196 g/mol. The molecule has 1 N–H and O–H groups in total. The van der Waals surface area contributed by atoms with Gasteiger partial charge < -0.3 is 5.11 Å². The molecule has 5 heteroatoms. The average molecular weight is 196 g/mol. The van der Waals surface area contributed by atoms with Crippen LogP contribution in [0.15, 0.2) is 6.20 Å². The lowest BCUT2D eigenvalue weighted by atomic mass is 9.96. The van der Waals surface area contributed by atoms with Crippen molar-refractivity contribution in [2.24, 2.45) is 0 Å². The standard InChI is InChI=1S/C9H12N2O3/c1-9(2,3)7-10-6(5-12)4-11(7)8(13)14/h4-5H,1-3H3,(H,13,14). The normalized spacial score (nSPS) is 11.4. The minimum absolute atomic E-state index is 0.136. The van der Waals surface area contributed by atoms with Crippen LogP contribution >= 0.6 is 0 Å². The molecule has 0 aromatic carbocycles. The first-order valence-corrected chi connectivity index (χ1v) is 4.14. The van der Waals surface area contributed by atoms with Crippen LogP contribution in [0.25, 0.3) is 0 Å². The summed E-state index contributed by atoms with van der Waals surface area (Å²) in [5, 5.41) is 8.84. The van der Waals surface area contributed by atoms with E-state index in [4.69, 9.17) is 5.11 Å². The lowest BCUT2D eigenvalue weighted by Gasteiger charge is -2.17. The van der Waals surface area contributed by atoms with E-state index in [1.165, 1.54) is 6.20 Å². The zero-order chi connectivity index (χ0) is 10.9. The Morgan fingerprint density at radius 1 is 1.57 bits per heavy atom. The Morgan fingerprint density at radius 3 is 2.43 bits per heavy atom. The van der Waals surface area contributed by atoms with E-state index in [9.17, 15) is 9.59 Å². The van der Waals surface area contributed by atoms with Crippen molar-refractivity contribution in [3.63, 3.8) is 0 Å². The van der Waals surface area contributed by atoms with Gasteiger partial charge in [-0.1, -0.05) is 20.8 Å². The number of carbonyl (C=O) groups is 2. The average Bonchev–Trinajstić information content (AvgIpc) is 2.46. The summed E-state index contributed by atoms with van der Waals surface area (Å²) in [4.78, 5) is 25.2. The molecule has 0 unspecified atom stereocenters. The van der Waals surface area contributed by atoms with Gasteiger partial charge in [0, 0.05) is 11.6 Å². The molecule has 0 saturated carbocycles. The van der Waals surface area contributed by atoms with Crippen molar-refractivity contribution in [1.29, 1.82) is 0 Å². The van der Waals surface area contributed by atoms with Crippen LogP contribution < -0.4 is 0 Å². The molecule has 0 bridgehead atoms. The third-order valence-electron chi connectivity index (χ3n) is 1.72. The second-order valence-corrected chi connectivity index (χ2v) is 4.01. The second kappa shape index (κ2) is 3.25. The molecule has 1 aromatic heterocycles. The lowest BCUT2D eigenvalue weighted by molar-refractivity contribution is 0.111. The van der Waals surface area contributed by atoms with Crippen LogP contribution in [-0.4, -0.2) is 27.0 Å². The Hall–Kier alpha value is -1.65. The molecule has 1 heterocycles. The predicted molar refractivity (Wildman–Crippen MR) is 49.7 cm³/mol. The van der Waals surface area contributed by atoms with Gasteiger partial charge in [-0.25, -0.2) is 14.3 Å². The van der Waals surface area contributed by atoms with Crippen molar-refractivity contribution in [1.82, 2.24) is 9.55 Å². The summed E-state index contributed by atoms with van der Waals surface area (Å²) < 4.78 is 0.976. The first-order chi connectivity index (χ1) is 6.36. The van der Waals surface area contributed by atoms with E-state index in [-0.39, 0.29) is 5.69 Å². The van der Waals surface area contributed by atoms with Crippen LogP contribution in [0.4, 0.5) is 4.79 Å². The summed E-state index contributed by atoms with van der Waals surface area (Å²) in [7, 11) is 0. The molecule has 0 fully saturated rings.